The average Bonchev–Trinajstić information content (AvgIpc) is 2.08. The van der Waals surface area contributed by atoms with Crippen LogP contribution in [0, 0.1) is 0 Å². The maximum absolute atomic E-state index is 10.5. The van der Waals surface area contributed by atoms with E-state index in [9.17, 15) is 4.79 Å². The second kappa shape index (κ2) is 4.47. The molecule has 0 aromatic heterocycles. The maximum atomic E-state index is 10.5. The van der Waals surface area contributed by atoms with E-state index >= 15 is 0 Å². The smallest absolute Gasteiger partial charge is 0.316 e. The van der Waals surface area contributed by atoms with Crippen LogP contribution in [-0.4, -0.2) is 12.6 Å². The molecule has 0 saturated carbocycles. The molecule has 0 aliphatic heterocycles. The molecule has 1 rings (SSSR count). The number of amides is 2. The van der Waals surface area contributed by atoms with E-state index in [1.807, 2.05) is 12.1 Å². The Morgan fingerprint density at radius 2 is 1.92 bits per heavy atom. The molecule has 0 aliphatic carbocycles. The summed E-state index contributed by atoms with van der Waals surface area (Å²) in [5, 5.41) is 2.48. The van der Waals surface area contributed by atoms with Gasteiger partial charge in [0.2, 0.25) is 0 Å². The van der Waals surface area contributed by atoms with Crippen molar-refractivity contribution in [1.82, 2.24) is 0 Å². The lowest BCUT2D eigenvalue weighted by atomic mass is 10.1. The third-order valence-corrected chi connectivity index (χ3v) is 1.65. The van der Waals surface area contributed by atoms with Gasteiger partial charge in [-0.15, -0.1) is 0 Å². The first-order valence-electron chi connectivity index (χ1n) is 4.08. The Kier molecular flexibility index (Phi) is 3.28. The summed E-state index contributed by atoms with van der Waals surface area (Å²) in [4.78, 5) is 10.5. The van der Waals surface area contributed by atoms with Gasteiger partial charge in [-0.1, -0.05) is 12.1 Å². The largest absolute Gasteiger partial charge is 0.351 e. The fourth-order valence-corrected chi connectivity index (χ4v) is 1.06. The van der Waals surface area contributed by atoms with Gasteiger partial charge in [-0.3, -0.25) is 0 Å². The quantitative estimate of drug-likeness (QED) is 0.637. The van der Waals surface area contributed by atoms with Crippen LogP contribution in [0.25, 0.3) is 0 Å². The Balaban J connectivity index is 2.64. The van der Waals surface area contributed by atoms with Gasteiger partial charge < -0.3 is 16.8 Å². The summed E-state index contributed by atoms with van der Waals surface area (Å²) in [6.07, 6.45) is 0.844. The molecule has 0 spiro atoms. The van der Waals surface area contributed by atoms with Crippen LogP contribution in [0.2, 0.25) is 0 Å². The summed E-state index contributed by atoms with van der Waals surface area (Å²) in [5.74, 6) is 0. The minimum absolute atomic E-state index is 0.549. The molecule has 0 unspecified atom stereocenters. The zero-order valence-corrected chi connectivity index (χ0v) is 7.29. The highest BCUT2D eigenvalue weighted by atomic mass is 16.2. The molecule has 2 amide bonds. The normalized spacial score (nSPS) is 9.62. The van der Waals surface area contributed by atoms with Gasteiger partial charge in [0.25, 0.3) is 0 Å². The van der Waals surface area contributed by atoms with Crippen LogP contribution in [0.5, 0.6) is 0 Å². The molecule has 0 atom stereocenters. The molecule has 0 fully saturated rings. The van der Waals surface area contributed by atoms with Crippen molar-refractivity contribution < 1.29 is 4.79 Å². The van der Waals surface area contributed by atoms with E-state index in [0.29, 0.717) is 12.2 Å². The SMILES string of the molecule is NCCc1ccc(NC(N)=O)cc1. The Morgan fingerprint density at radius 3 is 2.38 bits per heavy atom. The Morgan fingerprint density at radius 1 is 1.31 bits per heavy atom. The fourth-order valence-electron chi connectivity index (χ4n) is 1.06. The molecule has 0 bridgehead atoms. The number of primary amides is 1. The second-order valence-electron chi connectivity index (χ2n) is 2.72. The topological polar surface area (TPSA) is 81.1 Å². The van der Waals surface area contributed by atoms with Crippen molar-refractivity contribution in [3.8, 4) is 0 Å². The summed E-state index contributed by atoms with van der Waals surface area (Å²) in [6, 6.07) is 6.88. The number of nitrogens with two attached hydrogens (primary N) is 2. The van der Waals surface area contributed by atoms with E-state index in [4.69, 9.17) is 11.5 Å². The van der Waals surface area contributed by atoms with E-state index < -0.39 is 6.03 Å². The van der Waals surface area contributed by atoms with Crippen LogP contribution in [0.1, 0.15) is 5.56 Å². The molecule has 0 saturated heterocycles. The van der Waals surface area contributed by atoms with Crippen LogP contribution in [-0.2, 0) is 6.42 Å². The highest BCUT2D eigenvalue weighted by Crippen LogP contribution is 2.08. The molecular formula is C9H13N3O. The highest BCUT2D eigenvalue weighted by Gasteiger charge is 1.95. The molecule has 0 heterocycles. The van der Waals surface area contributed by atoms with Gasteiger partial charge in [-0.25, -0.2) is 4.79 Å². The standard InChI is InChI=1S/C9H13N3O/c10-6-5-7-1-3-8(4-2-7)12-9(11)13/h1-4H,5-6,10H2,(H3,11,12,13). The Labute approximate surface area is 76.9 Å². The number of urea groups is 1. The van der Waals surface area contributed by atoms with E-state index in [1.165, 1.54) is 0 Å². The van der Waals surface area contributed by atoms with Crippen LogP contribution >= 0.6 is 0 Å². The highest BCUT2D eigenvalue weighted by molar-refractivity contribution is 5.87. The van der Waals surface area contributed by atoms with Gasteiger partial charge in [0, 0.05) is 5.69 Å². The van der Waals surface area contributed by atoms with E-state index in [-0.39, 0.29) is 0 Å². The number of carbonyl (C=O) groups is 1. The van der Waals surface area contributed by atoms with E-state index in [2.05, 4.69) is 5.32 Å². The van der Waals surface area contributed by atoms with Gasteiger partial charge >= 0.3 is 6.03 Å². The van der Waals surface area contributed by atoms with Crippen molar-refractivity contribution in [3.63, 3.8) is 0 Å². The van der Waals surface area contributed by atoms with Crippen LogP contribution in [0.4, 0.5) is 10.5 Å². The molecule has 1 aromatic carbocycles. The summed E-state index contributed by atoms with van der Waals surface area (Å²) in [6.45, 7) is 0.628. The van der Waals surface area contributed by atoms with Gasteiger partial charge in [-0.05, 0) is 30.7 Å². The first kappa shape index (κ1) is 9.54. The number of rotatable bonds is 3. The van der Waals surface area contributed by atoms with Gasteiger partial charge in [0.15, 0.2) is 0 Å². The summed E-state index contributed by atoms with van der Waals surface area (Å²) in [7, 11) is 0. The number of carbonyl (C=O) groups excluding carboxylic acids is 1. The summed E-state index contributed by atoms with van der Waals surface area (Å²) >= 11 is 0. The van der Waals surface area contributed by atoms with Gasteiger partial charge in [-0.2, -0.15) is 0 Å². The maximum Gasteiger partial charge on any atom is 0.316 e. The third-order valence-electron chi connectivity index (χ3n) is 1.65. The molecule has 0 radical (unpaired) electrons. The first-order chi connectivity index (χ1) is 6.22. The van der Waals surface area contributed by atoms with Crippen molar-refractivity contribution in [2.45, 2.75) is 6.42 Å². The molecule has 4 nitrogen and oxygen atoms in total. The number of benzene rings is 1. The molecular weight excluding hydrogens is 166 g/mol. The molecule has 5 N–H and O–H groups in total. The predicted molar refractivity (Wildman–Crippen MR) is 52.4 cm³/mol. The lowest BCUT2D eigenvalue weighted by molar-refractivity contribution is 0.259. The predicted octanol–water partition coefficient (Wildman–Crippen LogP) is 0.678. The Hall–Kier alpha value is -1.55. The van der Waals surface area contributed by atoms with E-state index in [1.54, 1.807) is 12.1 Å². The van der Waals surface area contributed by atoms with Crippen molar-refractivity contribution in [3.05, 3.63) is 29.8 Å². The zero-order chi connectivity index (χ0) is 9.68. The number of anilines is 1. The lowest BCUT2D eigenvalue weighted by Crippen LogP contribution is -2.19. The molecule has 0 aliphatic rings. The van der Waals surface area contributed by atoms with Crippen LogP contribution in [0.3, 0.4) is 0 Å². The van der Waals surface area contributed by atoms with Gasteiger partial charge in [0.1, 0.15) is 0 Å². The number of hydrogen-bond donors (Lipinski definition) is 3. The van der Waals surface area contributed by atoms with Crippen LogP contribution in [0.15, 0.2) is 24.3 Å². The van der Waals surface area contributed by atoms with Crippen molar-refractivity contribution in [2.75, 3.05) is 11.9 Å². The van der Waals surface area contributed by atoms with Crippen molar-refractivity contribution in [1.29, 1.82) is 0 Å². The molecule has 1 aromatic rings. The summed E-state index contributed by atoms with van der Waals surface area (Å²) < 4.78 is 0. The fraction of sp³-hybridized carbons (Fsp3) is 0.222. The molecule has 70 valence electrons. The second-order valence-corrected chi connectivity index (χ2v) is 2.72. The lowest BCUT2D eigenvalue weighted by Gasteiger charge is -2.02. The third kappa shape index (κ3) is 3.13. The number of nitrogens with one attached hydrogen (secondary N) is 1. The summed E-state index contributed by atoms with van der Waals surface area (Å²) in [5.41, 5.74) is 12.2. The van der Waals surface area contributed by atoms with Crippen LogP contribution < -0.4 is 16.8 Å². The van der Waals surface area contributed by atoms with Crippen molar-refractivity contribution in [2.24, 2.45) is 11.5 Å². The Bertz CT molecular complexity index is 281. The first-order valence-corrected chi connectivity index (χ1v) is 4.08. The average molecular weight is 179 g/mol. The minimum atomic E-state index is -0.549. The van der Waals surface area contributed by atoms with E-state index in [0.717, 1.165) is 12.0 Å². The van der Waals surface area contributed by atoms with Crippen molar-refractivity contribution >= 4 is 11.7 Å². The van der Waals surface area contributed by atoms with Gasteiger partial charge in [0.05, 0.1) is 0 Å². The molecule has 13 heavy (non-hydrogen) atoms. The molecule has 4 heteroatoms. The monoisotopic (exact) mass is 179 g/mol. The number of hydrogen-bond acceptors (Lipinski definition) is 2. The zero-order valence-electron chi connectivity index (χ0n) is 7.29. The minimum Gasteiger partial charge on any atom is -0.351 e.